The van der Waals surface area contributed by atoms with Crippen LogP contribution in [0.15, 0.2) is 35.4 Å². The molecule has 4 fully saturated rings. The molecule has 0 aliphatic heterocycles. The molecule has 0 saturated heterocycles. The fourth-order valence-corrected chi connectivity index (χ4v) is 13.4. The molecule has 5 aliphatic carbocycles. The van der Waals surface area contributed by atoms with Gasteiger partial charge in [0.15, 0.2) is 5.78 Å². The first-order valence-corrected chi connectivity index (χ1v) is 20.9. The molecule has 0 bridgehead atoms. The molecule has 1 aromatic rings. The quantitative estimate of drug-likeness (QED) is 0.214. The zero-order valence-electron chi connectivity index (χ0n) is 35.0. The van der Waals surface area contributed by atoms with Gasteiger partial charge in [-0.2, -0.15) is 0 Å². The maximum absolute atomic E-state index is 14.3. The Bertz CT molecular complexity index is 1730. The fourth-order valence-electron chi connectivity index (χ4n) is 13.4. The van der Waals surface area contributed by atoms with Crippen molar-refractivity contribution >= 4 is 23.7 Å². The lowest BCUT2D eigenvalue weighted by Gasteiger charge is -2.72. The first kappa shape index (κ1) is 41.6. The summed E-state index contributed by atoms with van der Waals surface area (Å²) in [5.74, 6) is -0.879. The van der Waals surface area contributed by atoms with Crippen LogP contribution in [0.5, 0.6) is 0 Å². The number of allylic oxidation sites excluding steroid dienone is 1. The van der Waals surface area contributed by atoms with Crippen molar-refractivity contribution in [3.05, 3.63) is 46.8 Å². The molecule has 304 valence electrons. The Kier molecular flexibility index (Phi) is 10.9. The van der Waals surface area contributed by atoms with E-state index in [9.17, 15) is 28.7 Å². The minimum atomic E-state index is -1.18. The Hall–Kier alpha value is -3.07. The highest BCUT2D eigenvalue weighted by Crippen LogP contribution is 2.77. The largest absolute Gasteiger partial charge is 0.481 e. The molecular weight excluding hydrogens is 698 g/mol. The number of ketones is 1. The Balaban J connectivity index is 1.30. The van der Waals surface area contributed by atoms with Crippen LogP contribution < -0.4 is 5.32 Å². The van der Waals surface area contributed by atoms with Gasteiger partial charge in [-0.1, -0.05) is 60.6 Å². The summed E-state index contributed by atoms with van der Waals surface area (Å²) in [5, 5.41) is 13.1. The van der Waals surface area contributed by atoms with E-state index < -0.39 is 28.9 Å². The van der Waals surface area contributed by atoms with Gasteiger partial charge in [-0.25, -0.2) is 4.39 Å². The zero-order chi connectivity index (χ0) is 40.5. The highest BCUT2D eigenvalue weighted by Gasteiger charge is 2.71. The van der Waals surface area contributed by atoms with Crippen LogP contribution in [0, 0.1) is 62.0 Å². The number of hydrogen-bond donors (Lipinski definition) is 2. The Morgan fingerprint density at radius 2 is 1.60 bits per heavy atom. The second-order valence-electron chi connectivity index (χ2n) is 20.4. The number of Topliss-reactive ketones (excluding diaryl/α,β-unsaturated/α-hetero) is 1. The molecule has 0 aromatic heterocycles. The summed E-state index contributed by atoms with van der Waals surface area (Å²) in [6.45, 7) is 21.8. The number of carboxylic acids is 1. The van der Waals surface area contributed by atoms with Gasteiger partial charge < -0.3 is 19.9 Å². The third-order valence-electron chi connectivity index (χ3n) is 16.4. The molecule has 9 heteroatoms. The van der Waals surface area contributed by atoms with Crippen molar-refractivity contribution in [3.63, 3.8) is 0 Å². The van der Waals surface area contributed by atoms with Crippen molar-refractivity contribution in [1.82, 2.24) is 5.32 Å². The lowest BCUT2D eigenvalue weighted by Crippen LogP contribution is -2.66. The predicted octanol–water partition coefficient (Wildman–Crippen LogP) is 9.24. The number of halogens is 1. The van der Waals surface area contributed by atoms with E-state index in [0.29, 0.717) is 31.3 Å². The first-order valence-electron chi connectivity index (χ1n) is 20.9. The molecule has 5 aliphatic rings. The molecule has 2 N–H and O–H groups in total. The lowest BCUT2D eigenvalue weighted by atomic mass is 9.33. The average Bonchev–Trinajstić information content (AvgIpc) is 3.39. The summed E-state index contributed by atoms with van der Waals surface area (Å²) in [6, 6.07) is 6.41. The lowest BCUT2D eigenvalue weighted by molar-refractivity contribution is -0.235. The van der Waals surface area contributed by atoms with Crippen molar-refractivity contribution in [2.75, 3.05) is 6.54 Å². The molecule has 9 atom stereocenters. The molecule has 3 unspecified atom stereocenters. The van der Waals surface area contributed by atoms with Crippen LogP contribution in [0.1, 0.15) is 139 Å². The van der Waals surface area contributed by atoms with Gasteiger partial charge in [-0.3, -0.25) is 19.2 Å². The van der Waals surface area contributed by atoms with E-state index in [1.54, 1.807) is 26.0 Å². The normalized spacial score (nSPS) is 36.0. The number of rotatable bonds is 11. The number of ether oxygens (including phenoxy) is 2. The van der Waals surface area contributed by atoms with E-state index in [1.807, 2.05) is 0 Å². The number of fused-ring (bicyclic) bond motifs is 7. The Labute approximate surface area is 328 Å². The summed E-state index contributed by atoms with van der Waals surface area (Å²) in [6.07, 6.45) is 6.88. The van der Waals surface area contributed by atoms with Crippen LogP contribution in [0.25, 0.3) is 0 Å². The minimum Gasteiger partial charge on any atom is -0.481 e. The molecule has 55 heavy (non-hydrogen) atoms. The fraction of sp³-hybridized carbons (Fsp3) is 0.739. The van der Waals surface area contributed by atoms with Gasteiger partial charge in [-0.15, -0.1) is 0 Å². The van der Waals surface area contributed by atoms with Gasteiger partial charge in [0.2, 0.25) is 0 Å². The number of benzene rings is 1. The van der Waals surface area contributed by atoms with Crippen LogP contribution in [0.3, 0.4) is 0 Å². The van der Waals surface area contributed by atoms with Gasteiger partial charge in [0.1, 0.15) is 18.0 Å². The number of carboxylic acid groups (broad SMARTS) is 1. The topological polar surface area (TPSA) is 119 Å². The van der Waals surface area contributed by atoms with Crippen LogP contribution in [0.4, 0.5) is 4.39 Å². The van der Waals surface area contributed by atoms with Gasteiger partial charge in [-0.05, 0) is 134 Å². The van der Waals surface area contributed by atoms with Crippen molar-refractivity contribution in [2.45, 2.75) is 152 Å². The number of esters is 2. The van der Waals surface area contributed by atoms with Crippen molar-refractivity contribution in [2.24, 2.45) is 56.2 Å². The molecule has 0 spiro atoms. The summed E-state index contributed by atoms with van der Waals surface area (Å²) in [4.78, 5) is 51.9. The second-order valence-corrected chi connectivity index (χ2v) is 20.4. The van der Waals surface area contributed by atoms with E-state index in [1.165, 1.54) is 24.6 Å². The molecule has 8 nitrogen and oxygen atoms in total. The zero-order valence-corrected chi connectivity index (χ0v) is 35.0. The number of hydrogen-bond acceptors (Lipinski definition) is 7. The third-order valence-corrected chi connectivity index (χ3v) is 16.4. The summed E-state index contributed by atoms with van der Waals surface area (Å²) in [5.41, 5.74) is 1.04. The number of aliphatic carboxylic acids is 1. The second kappa shape index (κ2) is 14.4. The molecule has 0 amide bonds. The smallest absolute Gasteiger partial charge is 0.309 e. The van der Waals surface area contributed by atoms with Gasteiger partial charge in [0.05, 0.1) is 11.8 Å². The van der Waals surface area contributed by atoms with E-state index in [0.717, 1.165) is 62.5 Å². The molecule has 6 rings (SSSR count). The average molecular weight is 764 g/mol. The Morgan fingerprint density at radius 1 is 0.927 bits per heavy atom. The van der Waals surface area contributed by atoms with E-state index in [-0.39, 0.29) is 63.6 Å². The molecule has 4 saturated carbocycles. The van der Waals surface area contributed by atoms with E-state index in [4.69, 9.17) is 9.47 Å². The van der Waals surface area contributed by atoms with Crippen molar-refractivity contribution in [1.29, 1.82) is 0 Å². The van der Waals surface area contributed by atoms with E-state index in [2.05, 4.69) is 53.8 Å². The van der Waals surface area contributed by atoms with Gasteiger partial charge in [0.25, 0.3) is 0 Å². The van der Waals surface area contributed by atoms with Crippen molar-refractivity contribution < 1.29 is 38.1 Å². The number of carbonyl (C=O) groups excluding carboxylic acids is 3. The molecule has 0 radical (unpaired) electrons. The highest BCUT2D eigenvalue weighted by atomic mass is 19.1. The SMILES string of the molecule is CC(=O)OC(CNCc1ccc(F)cc1)C12CC[C@]3(C)[C@H](CC[C@@H]4[C@@]5(C)CC[C@H](OC(=O)CC(C)(C)C(=O)O)C(C)(C)C5CC[C@]43C)C1=C(C(C)C)C(=O)C2. The molecule has 0 heterocycles. The minimum absolute atomic E-state index is 0.00305. The van der Waals surface area contributed by atoms with Crippen LogP contribution in [-0.4, -0.2) is 47.6 Å². The molecular formula is C46H66FNO7. The number of carbonyl (C=O) groups is 4. The monoisotopic (exact) mass is 763 g/mol. The highest BCUT2D eigenvalue weighted by molar-refractivity contribution is 6.01. The van der Waals surface area contributed by atoms with Crippen LogP contribution in [-0.2, 0) is 35.2 Å². The maximum Gasteiger partial charge on any atom is 0.309 e. The third kappa shape index (κ3) is 6.80. The van der Waals surface area contributed by atoms with Gasteiger partial charge in [0, 0.05) is 37.3 Å². The van der Waals surface area contributed by atoms with Crippen LogP contribution >= 0.6 is 0 Å². The maximum atomic E-state index is 14.3. The molecule has 1 aromatic carbocycles. The number of nitrogens with one attached hydrogen (secondary N) is 1. The summed E-state index contributed by atoms with van der Waals surface area (Å²) < 4.78 is 26.0. The Morgan fingerprint density at radius 3 is 2.22 bits per heavy atom. The standard InChI is InChI=1S/C46H66FNO7/c1-27(2)38-32(50)23-46(36(54-28(3)49)26-48-25-29-11-13-30(47)14-12-29)22-21-44(9)31(39(38)46)15-16-34-43(8)19-18-35(55-37(51)24-41(4,5)40(52)53)42(6,7)33(43)17-20-45(34,44)10/h11-14,27,31,33-36,48H,15-26H2,1-10H3,(H,52,53)/t31-,33?,34-,35+,36?,43+,44-,45-,46?/m1/s1. The van der Waals surface area contributed by atoms with E-state index >= 15 is 0 Å². The summed E-state index contributed by atoms with van der Waals surface area (Å²) >= 11 is 0. The summed E-state index contributed by atoms with van der Waals surface area (Å²) in [7, 11) is 0. The first-order chi connectivity index (χ1) is 25.5. The predicted molar refractivity (Wildman–Crippen MR) is 209 cm³/mol. The van der Waals surface area contributed by atoms with Crippen LogP contribution in [0.2, 0.25) is 0 Å². The van der Waals surface area contributed by atoms with Gasteiger partial charge >= 0.3 is 17.9 Å². The van der Waals surface area contributed by atoms with Crippen molar-refractivity contribution in [3.8, 4) is 0 Å².